The van der Waals surface area contributed by atoms with Crippen LogP contribution in [0.2, 0.25) is 0 Å². The maximum atomic E-state index is 12.8. The predicted molar refractivity (Wildman–Crippen MR) is 101 cm³/mol. The zero-order valence-electron chi connectivity index (χ0n) is 15.2. The number of nitrogens with one attached hydrogen (secondary N) is 1. The van der Waals surface area contributed by atoms with Crippen LogP contribution >= 0.6 is 11.6 Å². The van der Waals surface area contributed by atoms with Crippen LogP contribution in [0.4, 0.5) is 10.6 Å². The Bertz CT molecular complexity index is 806. The van der Waals surface area contributed by atoms with Gasteiger partial charge in [-0.2, -0.15) is 0 Å². The first-order valence-corrected chi connectivity index (χ1v) is 8.91. The Balaban J connectivity index is 2.17. The van der Waals surface area contributed by atoms with Gasteiger partial charge in [-0.3, -0.25) is 14.6 Å². The van der Waals surface area contributed by atoms with Crippen molar-refractivity contribution in [1.82, 2.24) is 14.8 Å². The molecule has 8 nitrogen and oxygen atoms in total. The number of hydrogen-bond acceptors (Lipinski definition) is 6. The molecule has 0 spiro atoms. The number of hydrogen-bond donors (Lipinski definition) is 1. The molecule has 1 saturated heterocycles. The molecule has 0 radical (unpaired) electrons. The number of urea groups is 1. The Labute approximate surface area is 157 Å². The average molecular weight is 377 g/mol. The van der Waals surface area contributed by atoms with Gasteiger partial charge in [0, 0.05) is 32.4 Å². The molecule has 138 valence electrons. The highest BCUT2D eigenvalue weighted by Gasteiger charge is 2.59. The Morgan fingerprint density at radius 2 is 2.04 bits per heavy atom. The fraction of sp³-hybridized carbons (Fsp3) is 0.471. The molecule has 0 aromatic carbocycles. The molecule has 1 N–H and O–H groups in total. The second kappa shape index (κ2) is 6.68. The van der Waals surface area contributed by atoms with Crippen molar-refractivity contribution >= 4 is 40.9 Å². The van der Waals surface area contributed by atoms with E-state index >= 15 is 0 Å². The number of anilines is 1. The van der Waals surface area contributed by atoms with E-state index in [2.05, 4.69) is 15.3 Å². The number of rotatable bonds is 5. The van der Waals surface area contributed by atoms with E-state index in [0.29, 0.717) is 30.2 Å². The van der Waals surface area contributed by atoms with Gasteiger partial charge in [0.1, 0.15) is 5.82 Å². The lowest BCUT2D eigenvalue weighted by atomic mass is 9.93. The van der Waals surface area contributed by atoms with Gasteiger partial charge in [-0.25, -0.2) is 19.8 Å². The number of carbonyl (C=O) groups is 2. The van der Waals surface area contributed by atoms with Crippen molar-refractivity contribution in [3.63, 3.8) is 0 Å². The van der Waals surface area contributed by atoms with Crippen LogP contribution in [0.3, 0.4) is 0 Å². The van der Waals surface area contributed by atoms with Crippen molar-refractivity contribution in [2.45, 2.75) is 31.3 Å². The molecule has 1 aromatic rings. The van der Waals surface area contributed by atoms with Crippen LogP contribution in [0.5, 0.6) is 0 Å². The summed E-state index contributed by atoms with van der Waals surface area (Å²) in [5, 5.41) is 2.36. The van der Waals surface area contributed by atoms with Crippen molar-refractivity contribution in [2.24, 2.45) is 9.98 Å². The topological polar surface area (TPSA) is 90.3 Å². The number of aromatic nitrogens is 1. The van der Waals surface area contributed by atoms with Crippen molar-refractivity contribution in [2.75, 3.05) is 26.0 Å². The second-order valence-electron chi connectivity index (χ2n) is 6.07. The molecule has 1 fully saturated rings. The van der Waals surface area contributed by atoms with E-state index in [9.17, 15) is 9.59 Å². The SMILES string of the molecule is CCC(Cl)C12N=C(c3ccc(NC)nc3)N=C1C(=O)N(C)C(=O)N2CC. The standard InChI is InChI=1S/C17H21ClN6O2/c1-5-11(18)17-13(15(25)23(4)16(26)24(17)6-2)21-14(22-17)10-7-8-12(19-3)20-9-10/h7-9,11H,5-6H2,1-4H3,(H,19,20). The highest BCUT2D eigenvalue weighted by atomic mass is 35.5. The molecule has 2 unspecified atom stereocenters. The first-order chi connectivity index (χ1) is 12.4. The molecule has 0 saturated carbocycles. The van der Waals surface area contributed by atoms with Crippen molar-refractivity contribution in [3.8, 4) is 0 Å². The predicted octanol–water partition coefficient (Wildman–Crippen LogP) is 1.95. The number of aliphatic imine (C=N–C) groups is 2. The second-order valence-corrected chi connectivity index (χ2v) is 6.60. The summed E-state index contributed by atoms with van der Waals surface area (Å²) in [5.41, 5.74) is -0.455. The highest BCUT2D eigenvalue weighted by molar-refractivity contribution is 6.50. The summed E-state index contributed by atoms with van der Waals surface area (Å²) >= 11 is 6.61. The molecule has 0 bridgehead atoms. The molecule has 2 aliphatic heterocycles. The third-order valence-electron chi connectivity index (χ3n) is 4.67. The van der Waals surface area contributed by atoms with Crippen LogP contribution in [0.25, 0.3) is 0 Å². The van der Waals surface area contributed by atoms with E-state index in [-0.39, 0.29) is 5.71 Å². The molecule has 1 aromatic heterocycles. The van der Waals surface area contributed by atoms with Gasteiger partial charge in [-0.1, -0.05) is 6.92 Å². The number of amides is 3. The van der Waals surface area contributed by atoms with Crippen LogP contribution in [0.15, 0.2) is 28.3 Å². The van der Waals surface area contributed by atoms with E-state index in [1.165, 1.54) is 11.9 Å². The number of halogens is 1. The zero-order chi connectivity index (χ0) is 19.1. The maximum Gasteiger partial charge on any atom is 0.329 e. The third-order valence-corrected chi connectivity index (χ3v) is 5.28. The van der Waals surface area contributed by atoms with Gasteiger partial charge in [-0.15, -0.1) is 11.6 Å². The first kappa shape index (κ1) is 18.3. The van der Waals surface area contributed by atoms with E-state index in [1.807, 2.05) is 19.9 Å². The molecule has 3 amide bonds. The van der Waals surface area contributed by atoms with E-state index < -0.39 is 23.0 Å². The number of imide groups is 1. The smallest absolute Gasteiger partial charge is 0.329 e. The fourth-order valence-corrected chi connectivity index (χ4v) is 3.52. The molecule has 3 rings (SSSR count). The molecule has 2 aliphatic rings. The molecular formula is C17H21ClN6O2. The summed E-state index contributed by atoms with van der Waals surface area (Å²) < 4.78 is 0. The Hall–Kier alpha value is -2.48. The number of amidine groups is 1. The summed E-state index contributed by atoms with van der Waals surface area (Å²) in [7, 11) is 3.22. The minimum absolute atomic E-state index is 0.177. The minimum Gasteiger partial charge on any atom is -0.373 e. The lowest BCUT2D eigenvalue weighted by molar-refractivity contribution is -0.123. The Morgan fingerprint density at radius 1 is 1.31 bits per heavy atom. The third kappa shape index (κ3) is 2.47. The van der Waals surface area contributed by atoms with Crippen molar-refractivity contribution < 1.29 is 9.59 Å². The highest BCUT2D eigenvalue weighted by Crippen LogP contribution is 2.38. The van der Waals surface area contributed by atoms with Gasteiger partial charge in [0.2, 0.25) is 5.66 Å². The number of pyridine rings is 1. The molecule has 3 heterocycles. The average Bonchev–Trinajstić information content (AvgIpc) is 3.07. The van der Waals surface area contributed by atoms with Gasteiger partial charge in [0.15, 0.2) is 11.5 Å². The zero-order valence-corrected chi connectivity index (χ0v) is 15.9. The van der Waals surface area contributed by atoms with E-state index in [1.54, 1.807) is 19.3 Å². The fourth-order valence-electron chi connectivity index (χ4n) is 3.25. The van der Waals surface area contributed by atoms with E-state index in [0.717, 1.165) is 4.90 Å². The Morgan fingerprint density at radius 3 is 2.58 bits per heavy atom. The summed E-state index contributed by atoms with van der Waals surface area (Å²) in [4.78, 5) is 41.5. The summed E-state index contributed by atoms with van der Waals surface area (Å²) in [5.74, 6) is 0.582. The largest absolute Gasteiger partial charge is 0.373 e. The summed E-state index contributed by atoms with van der Waals surface area (Å²) in [6, 6.07) is 3.18. The van der Waals surface area contributed by atoms with Gasteiger partial charge < -0.3 is 5.32 Å². The number of carbonyl (C=O) groups excluding carboxylic acids is 2. The van der Waals surface area contributed by atoms with Crippen LogP contribution in [-0.4, -0.2) is 69.9 Å². The van der Waals surface area contributed by atoms with E-state index in [4.69, 9.17) is 16.6 Å². The summed E-state index contributed by atoms with van der Waals surface area (Å²) in [6.45, 7) is 4.07. The Kier molecular flexibility index (Phi) is 4.70. The molecular weight excluding hydrogens is 356 g/mol. The number of alkyl halides is 1. The number of fused-ring (bicyclic) bond motifs is 1. The molecule has 9 heteroatoms. The van der Waals surface area contributed by atoms with Gasteiger partial charge in [0.05, 0.1) is 5.38 Å². The van der Waals surface area contributed by atoms with Crippen molar-refractivity contribution in [1.29, 1.82) is 0 Å². The molecule has 0 aliphatic carbocycles. The number of nitrogens with zero attached hydrogens (tertiary/aromatic N) is 5. The van der Waals surface area contributed by atoms with Crippen LogP contribution in [0.1, 0.15) is 25.8 Å². The lowest BCUT2D eigenvalue weighted by Gasteiger charge is -2.46. The minimum atomic E-state index is -1.29. The van der Waals surface area contributed by atoms with Crippen molar-refractivity contribution in [3.05, 3.63) is 23.9 Å². The van der Waals surface area contributed by atoms with Crippen LogP contribution in [-0.2, 0) is 4.79 Å². The lowest BCUT2D eigenvalue weighted by Crippen LogP contribution is -2.70. The quantitative estimate of drug-likeness (QED) is 0.795. The molecule has 2 atom stereocenters. The first-order valence-electron chi connectivity index (χ1n) is 8.47. The maximum absolute atomic E-state index is 12.8. The molecule has 26 heavy (non-hydrogen) atoms. The van der Waals surface area contributed by atoms with Crippen LogP contribution < -0.4 is 5.32 Å². The van der Waals surface area contributed by atoms with Gasteiger partial charge in [-0.05, 0) is 25.5 Å². The summed E-state index contributed by atoms with van der Waals surface area (Å²) in [6.07, 6.45) is 2.15. The van der Waals surface area contributed by atoms with Crippen LogP contribution in [0, 0.1) is 0 Å². The normalized spacial score (nSPS) is 23.6. The van der Waals surface area contributed by atoms with Gasteiger partial charge >= 0.3 is 6.03 Å². The van der Waals surface area contributed by atoms with Gasteiger partial charge in [0.25, 0.3) is 5.91 Å². The monoisotopic (exact) mass is 376 g/mol.